The third-order valence-corrected chi connectivity index (χ3v) is 7.03. The first-order valence-corrected chi connectivity index (χ1v) is 10.9. The van der Waals surface area contributed by atoms with E-state index in [9.17, 15) is 0 Å². The van der Waals surface area contributed by atoms with Crippen molar-refractivity contribution < 1.29 is 0 Å². The van der Waals surface area contributed by atoms with Crippen LogP contribution in [0.5, 0.6) is 0 Å². The van der Waals surface area contributed by atoms with E-state index in [1.807, 2.05) is 0 Å². The van der Waals surface area contributed by atoms with E-state index < -0.39 is 0 Å². The Morgan fingerprint density at radius 1 is 0.704 bits per heavy atom. The average Bonchev–Trinajstić information content (AvgIpc) is 2.69. The highest BCUT2D eigenvalue weighted by atomic mass is 14.6. The summed E-state index contributed by atoms with van der Waals surface area (Å²) in [6, 6.07) is 16.3. The molecule has 0 atom stereocenters. The van der Waals surface area contributed by atoms with Gasteiger partial charge in [-0.25, -0.2) is 0 Å². The Hall–Kier alpha value is -1.80. The molecule has 4 N–H and O–H groups in total. The van der Waals surface area contributed by atoms with Gasteiger partial charge in [0.1, 0.15) is 0 Å². The normalized spacial score (nSPS) is 28.8. The van der Waals surface area contributed by atoms with Gasteiger partial charge in [-0.15, -0.1) is 0 Å². The molecule has 0 amide bonds. The third kappa shape index (κ3) is 4.21. The molecule has 0 radical (unpaired) electrons. The number of nitrogens with two attached hydrogens (primary N) is 2. The maximum Gasteiger partial charge on any atom is 0.0396 e. The second-order valence-corrected chi connectivity index (χ2v) is 9.04. The summed E-state index contributed by atoms with van der Waals surface area (Å²) in [7, 11) is 0. The van der Waals surface area contributed by atoms with E-state index in [1.54, 1.807) is 0 Å². The first-order valence-electron chi connectivity index (χ1n) is 10.9. The molecule has 2 saturated carbocycles. The summed E-state index contributed by atoms with van der Waals surface area (Å²) >= 11 is 0. The summed E-state index contributed by atoms with van der Waals surface area (Å²) in [6.45, 7) is 2.37. The summed E-state index contributed by atoms with van der Waals surface area (Å²) in [5, 5.41) is 0. The fraction of sp³-hybridized carbons (Fsp3) is 0.520. The molecule has 2 aromatic rings. The zero-order valence-electron chi connectivity index (χ0n) is 16.7. The van der Waals surface area contributed by atoms with Crippen LogP contribution in [0.4, 0.5) is 5.69 Å². The molecular weight excluding hydrogens is 328 g/mol. The standard InChI is InChI=1S/C25H34N2/c1-17-2-4-20(5-3-17)22-12-15-24(25(27)16-22)21-8-6-18(7-9-21)19-10-13-23(26)14-11-19/h6-9,12,15-17,19-20,23H,2-5,10-11,13-14,26-27H2,1H3. The highest BCUT2D eigenvalue weighted by molar-refractivity contribution is 5.77. The third-order valence-electron chi connectivity index (χ3n) is 7.03. The van der Waals surface area contributed by atoms with Gasteiger partial charge in [-0.05, 0) is 79.0 Å². The van der Waals surface area contributed by atoms with Crippen molar-refractivity contribution in [2.75, 3.05) is 5.73 Å². The summed E-state index contributed by atoms with van der Waals surface area (Å²) in [5.41, 5.74) is 18.7. The summed E-state index contributed by atoms with van der Waals surface area (Å²) in [5.74, 6) is 2.25. The minimum absolute atomic E-state index is 0.409. The van der Waals surface area contributed by atoms with Gasteiger partial charge in [0.2, 0.25) is 0 Å². The van der Waals surface area contributed by atoms with Crippen LogP contribution >= 0.6 is 0 Å². The molecule has 2 aliphatic carbocycles. The topological polar surface area (TPSA) is 52.0 Å². The molecule has 0 spiro atoms. The zero-order valence-corrected chi connectivity index (χ0v) is 16.7. The van der Waals surface area contributed by atoms with Crippen LogP contribution in [0.2, 0.25) is 0 Å². The Labute approximate surface area is 164 Å². The predicted molar refractivity (Wildman–Crippen MR) is 116 cm³/mol. The van der Waals surface area contributed by atoms with Crippen LogP contribution in [0, 0.1) is 5.92 Å². The molecular formula is C25H34N2. The summed E-state index contributed by atoms with van der Waals surface area (Å²) in [6.07, 6.45) is 10.1. The number of nitrogen functional groups attached to an aromatic ring is 1. The molecule has 0 aliphatic heterocycles. The van der Waals surface area contributed by atoms with E-state index in [1.165, 1.54) is 60.8 Å². The Bertz CT molecular complexity index is 748. The van der Waals surface area contributed by atoms with E-state index in [4.69, 9.17) is 11.5 Å². The molecule has 0 aromatic heterocycles. The molecule has 0 unspecified atom stereocenters. The minimum Gasteiger partial charge on any atom is -0.398 e. The fourth-order valence-electron chi connectivity index (χ4n) is 5.08. The van der Waals surface area contributed by atoms with Gasteiger partial charge in [-0.3, -0.25) is 0 Å². The van der Waals surface area contributed by atoms with Gasteiger partial charge >= 0.3 is 0 Å². The van der Waals surface area contributed by atoms with Gasteiger partial charge in [0.15, 0.2) is 0 Å². The highest BCUT2D eigenvalue weighted by Gasteiger charge is 2.21. The second-order valence-electron chi connectivity index (χ2n) is 9.04. The van der Waals surface area contributed by atoms with Crippen LogP contribution in [0.15, 0.2) is 42.5 Å². The van der Waals surface area contributed by atoms with Gasteiger partial charge in [0, 0.05) is 17.3 Å². The first kappa shape index (κ1) is 18.6. The van der Waals surface area contributed by atoms with Crippen LogP contribution in [-0.2, 0) is 0 Å². The van der Waals surface area contributed by atoms with Crippen molar-refractivity contribution in [2.45, 2.75) is 76.2 Å². The number of hydrogen-bond donors (Lipinski definition) is 2. The lowest BCUT2D eigenvalue weighted by atomic mass is 9.79. The number of benzene rings is 2. The van der Waals surface area contributed by atoms with Crippen molar-refractivity contribution in [3.05, 3.63) is 53.6 Å². The van der Waals surface area contributed by atoms with Crippen LogP contribution in [0.25, 0.3) is 11.1 Å². The summed E-state index contributed by atoms with van der Waals surface area (Å²) < 4.78 is 0. The number of anilines is 1. The molecule has 2 heteroatoms. The molecule has 144 valence electrons. The maximum absolute atomic E-state index is 6.47. The van der Waals surface area contributed by atoms with Gasteiger partial charge in [-0.2, -0.15) is 0 Å². The molecule has 0 saturated heterocycles. The monoisotopic (exact) mass is 362 g/mol. The van der Waals surface area contributed by atoms with E-state index >= 15 is 0 Å². The van der Waals surface area contributed by atoms with Crippen LogP contribution in [0.3, 0.4) is 0 Å². The zero-order chi connectivity index (χ0) is 18.8. The molecule has 4 rings (SSSR count). The Morgan fingerprint density at radius 3 is 1.89 bits per heavy atom. The van der Waals surface area contributed by atoms with E-state index in [2.05, 4.69) is 49.4 Å². The largest absolute Gasteiger partial charge is 0.398 e. The number of rotatable bonds is 3. The van der Waals surface area contributed by atoms with Crippen LogP contribution in [0.1, 0.15) is 81.3 Å². The van der Waals surface area contributed by atoms with Crippen LogP contribution in [-0.4, -0.2) is 6.04 Å². The maximum atomic E-state index is 6.47. The molecule has 0 bridgehead atoms. The van der Waals surface area contributed by atoms with Gasteiger partial charge < -0.3 is 11.5 Å². The molecule has 2 aliphatic rings. The van der Waals surface area contributed by atoms with E-state index in [0.29, 0.717) is 17.9 Å². The van der Waals surface area contributed by atoms with Crippen molar-refractivity contribution in [3.8, 4) is 11.1 Å². The quantitative estimate of drug-likeness (QED) is 0.637. The lowest BCUT2D eigenvalue weighted by Gasteiger charge is -2.27. The molecule has 2 fully saturated rings. The van der Waals surface area contributed by atoms with E-state index in [0.717, 1.165) is 24.4 Å². The lowest BCUT2D eigenvalue weighted by molar-refractivity contribution is 0.348. The summed E-state index contributed by atoms with van der Waals surface area (Å²) in [4.78, 5) is 0. The molecule has 0 heterocycles. The lowest BCUT2D eigenvalue weighted by Crippen LogP contribution is -2.25. The number of hydrogen-bond acceptors (Lipinski definition) is 2. The molecule has 2 aromatic carbocycles. The van der Waals surface area contributed by atoms with Crippen molar-refractivity contribution in [1.29, 1.82) is 0 Å². The Balaban J connectivity index is 1.48. The predicted octanol–water partition coefficient (Wildman–Crippen LogP) is 6.21. The van der Waals surface area contributed by atoms with Crippen molar-refractivity contribution in [2.24, 2.45) is 11.7 Å². The Morgan fingerprint density at radius 2 is 1.26 bits per heavy atom. The second kappa shape index (κ2) is 8.06. The van der Waals surface area contributed by atoms with Crippen molar-refractivity contribution >= 4 is 5.69 Å². The van der Waals surface area contributed by atoms with Crippen LogP contribution < -0.4 is 11.5 Å². The highest BCUT2D eigenvalue weighted by Crippen LogP contribution is 2.38. The molecule has 2 nitrogen and oxygen atoms in total. The van der Waals surface area contributed by atoms with Crippen molar-refractivity contribution in [3.63, 3.8) is 0 Å². The van der Waals surface area contributed by atoms with Gasteiger partial charge in [0.25, 0.3) is 0 Å². The fourth-order valence-corrected chi connectivity index (χ4v) is 5.08. The smallest absolute Gasteiger partial charge is 0.0396 e. The Kier molecular flexibility index (Phi) is 5.54. The van der Waals surface area contributed by atoms with E-state index in [-0.39, 0.29) is 0 Å². The van der Waals surface area contributed by atoms with Gasteiger partial charge in [-0.1, -0.05) is 56.2 Å². The SMILES string of the molecule is CC1CCC(c2ccc(-c3ccc(C4CCC(N)CC4)cc3)c(N)c2)CC1. The minimum atomic E-state index is 0.409. The van der Waals surface area contributed by atoms with Gasteiger partial charge in [0.05, 0.1) is 0 Å². The molecule has 27 heavy (non-hydrogen) atoms. The average molecular weight is 363 g/mol. The first-order chi connectivity index (χ1) is 13.1. The van der Waals surface area contributed by atoms with Crippen molar-refractivity contribution in [1.82, 2.24) is 0 Å².